The first-order valence-electron chi connectivity index (χ1n) is 31.1. The number of amides is 8. The van der Waals surface area contributed by atoms with E-state index >= 15 is 0 Å². The number of nitrogens with zero attached hydrogens (tertiary/aromatic N) is 3. The highest BCUT2D eigenvalue weighted by Crippen LogP contribution is 2.33. The topological polar surface area (TPSA) is 295 Å². The molecule has 1 fully saturated rings. The van der Waals surface area contributed by atoms with E-state index in [1.54, 1.807) is 84.6 Å². The van der Waals surface area contributed by atoms with Crippen LogP contribution in [0.1, 0.15) is 159 Å². The summed E-state index contributed by atoms with van der Waals surface area (Å²) in [5.74, 6) is -4.98. The molecule has 1 aromatic carbocycles. The van der Waals surface area contributed by atoms with Gasteiger partial charge in [-0.3, -0.25) is 33.7 Å². The van der Waals surface area contributed by atoms with Crippen molar-refractivity contribution in [3.8, 4) is 0 Å². The number of primary amides is 1. The molecule has 1 unspecified atom stereocenters. The van der Waals surface area contributed by atoms with Crippen molar-refractivity contribution in [3.63, 3.8) is 0 Å². The Morgan fingerprint density at radius 2 is 1.44 bits per heavy atom. The maximum absolute atomic E-state index is 14.8. The lowest BCUT2D eigenvalue weighted by atomic mass is 9.85. The first-order valence-corrected chi connectivity index (χ1v) is 31.1. The average molecular weight is 1220 g/mol. The monoisotopic (exact) mass is 1220 g/mol. The summed E-state index contributed by atoms with van der Waals surface area (Å²) in [4.78, 5) is 127. The number of carbonyl (C=O) groups is 9. The number of hydrogen-bond acceptors (Lipinski definition) is 14. The van der Waals surface area contributed by atoms with Crippen molar-refractivity contribution >= 4 is 53.4 Å². The van der Waals surface area contributed by atoms with E-state index in [9.17, 15) is 48.3 Å². The Labute approximate surface area is 517 Å². The van der Waals surface area contributed by atoms with Crippen LogP contribution in [0.3, 0.4) is 0 Å². The van der Waals surface area contributed by atoms with E-state index in [0.29, 0.717) is 44.2 Å². The van der Waals surface area contributed by atoms with Gasteiger partial charge in [-0.25, -0.2) is 14.4 Å². The molecular formula is C65H106N8O14. The van der Waals surface area contributed by atoms with Gasteiger partial charge in [0, 0.05) is 66.1 Å². The van der Waals surface area contributed by atoms with E-state index in [-0.39, 0.29) is 80.1 Å². The number of alkyl carbamates (subject to hydrolysis) is 1. The lowest BCUT2D eigenvalue weighted by Gasteiger charge is -2.41. The number of hydrogen-bond donors (Lipinski definition) is 6. The number of Topliss-reactive ketones (excluding diaryl/α,β-unsaturated/α-hetero) is 2. The van der Waals surface area contributed by atoms with Crippen molar-refractivity contribution in [2.45, 2.75) is 208 Å². The number of nitrogens with one attached hydrogen (secondary N) is 4. The quantitative estimate of drug-likeness (QED) is 0.0366. The molecule has 2 aliphatic rings. The molecule has 1 heterocycles. The van der Waals surface area contributed by atoms with Crippen LogP contribution in [0.4, 0.5) is 14.4 Å². The Hall–Kier alpha value is -6.39. The maximum Gasteiger partial charge on any atom is 0.410 e. The summed E-state index contributed by atoms with van der Waals surface area (Å²) < 4.78 is 23.2. The molecule has 1 aromatic rings. The van der Waals surface area contributed by atoms with Crippen molar-refractivity contribution in [1.82, 2.24) is 36.0 Å². The van der Waals surface area contributed by atoms with Gasteiger partial charge >= 0.3 is 18.2 Å². The van der Waals surface area contributed by atoms with E-state index in [1.807, 2.05) is 78.0 Å². The van der Waals surface area contributed by atoms with Crippen LogP contribution in [-0.4, -0.2) is 175 Å². The number of aliphatic hydroxyl groups excluding tert-OH is 1. The van der Waals surface area contributed by atoms with Crippen molar-refractivity contribution in [2.75, 3.05) is 48.0 Å². The molecule has 0 bridgehead atoms. The first-order chi connectivity index (χ1) is 40.8. The molecule has 8 amide bonds. The van der Waals surface area contributed by atoms with Gasteiger partial charge in [0.15, 0.2) is 5.78 Å². The van der Waals surface area contributed by atoms with Gasteiger partial charge in [0.05, 0.1) is 48.9 Å². The fourth-order valence-electron chi connectivity index (χ4n) is 11.7. The highest BCUT2D eigenvalue weighted by molar-refractivity contribution is 5.93. The molecule has 1 aliphatic carbocycles. The number of ketones is 2. The zero-order valence-electron chi connectivity index (χ0n) is 55.0. The number of aliphatic hydroxyl groups is 1. The molecule has 13 atom stereocenters. The van der Waals surface area contributed by atoms with Gasteiger partial charge in [0.2, 0.25) is 23.6 Å². The lowest BCUT2D eigenvalue weighted by Crippen LogP contribution is -2.60. The zero-order chi connectivity index (χ0) is 65.6. The molecule has 0 aromatic heterocycles. The number of nitrogens with two attached hydrogens (primary N) is 1. The number of ether oxygens (including phenoxy) is 4. The third-order valence-corrected chi connectivity index (χ3v) is 16.8. The minimum absolute atomic E-state index is 0.0641. The summed E-state index contributed by atoms with van der Waals surface area (Å²) in [6, 6.07) is 4.05. The Morgan fingerprint density at radius 1 is 0.793 bits per heavy atom. The number of methoxy groups -OCH3 is 2. The van der Waals surface area contributed by atoms with Crippen LogP contribution in [0.2, 0.25) is 0 Å². The van der Waals surface area contributed by atoms with Crippen molar-refractivity contribution in [2.24, 2.45) is 47.2 Å². The number of benzene rings is 1. The Bertz CT molecular complexity index is 2500. The third-order valence-electron chi connectivity index (χ3n) is 16.8. The van der Waals surface area contributed by atoms with Gasteiger partial charge in [-0.15, -0.1) is 0 Å². The first kappa shape index (κ1) is 74.9. The van der Waals surface area contributed by atoms with E-state index in [0.717, 1.165) is 5.56 Å². The van der Waals surface area contributed by atoms with Crippen LogP contribution in [0.15, 0.2) is 54.1 Å². The molecule has 3 rings (SSSR count). The fraction of sp³-hybridized carbons (Fsp3) is 0.708. The predicted molar refractivity (Wildman–Crippen MR) is 333 cm³/mol. The van der Waals surface area contributed by atoms with Crippen LogP contribution in [-0.2, 0) is 47.7 Å². The molecule has 0 saturated carbocycles. The van der Waals surface area contributed by atoms with Crippen LogP contribution >= 0.6 is 0 Å². The normalized spacial score (nSPS) is 19.0. The summed E-state index contributed by atoms with van der Waals surface area (Å²) in [5.41, 5.74) is 5.82. The van der Waals surface area contributed by atoms with Crippen LogP contribution in [0.5, 0.6) is 0 Å². The van der Waals surface area contributed by atoms with Crippen molar-refractivity contribution in [3.05, 3.63) is 59.7 Å². The minimum atomic E-state index is -1.05. The van der Waals surface area contributed by atoms with Gasteiger partial charge in [0.25, 0.3) is 0 Å². The molecule has 490 valence electrons. The second kappa shape index (κ2) is 35.6. The third kappa shape index (κ3) is 22.9. The molecule has 7 N–H and O–H groups in total. The van der Waals surface area contributed by atoms with Gasteiger partial charge in [0.1, 0.15) is 30.1 Å². The fourth-order valence-corrected chi connectivity index (χ4v) is 11.7. The number of urea groups is 1. The van der Waals surface area contributed by atoms with Gasteiger partial charge in [-0.05, 0) is 93.6 Å². The molecule has 0 radical (unpaired) electrons. The lowest BCUT2D eigenvalue weighted by molar-refractivity contribution is -0.148. The molecule has 87 heavy (non-hydrogen) atoms. The predicted octanol–water partition coefficient (Wildman–Crippen LogP) is 7.41. The summed E-state index contributed by atoms with van der Waals surface area (Å²) in [6.45, 7) is 24.0. The van der Waals surface area contributed by atoms with E-state index in [2.05, 4.69) is 21.3 Å². The minimum Gasteiger partial charge on any atom is -0.445 e. The van der Waals surface area contributed by atoms with E-state index in [1.165, 1.54) is 19.1 Å². The van der Waals surface area contributed by atoms with Crippen molar-refractivity contribution in [1.29, 1.82) is 0 Å². The van der Waals surface area contributed by atoms with Crippen LogP contribution in [0.25, 0.3) is 0 Å². The zero-order valence-corrected chi connectivity index (χ0v) is 55.0. The molecule has 1 aliphatic heterocycles. The number of rotatable bonds is 34. The molecule has 22 heteroatoms. The summed E-state index contributed by atoms with van der Waals surface area (Å²) in [5, 5.41) is 22.1. The smallest absolute Gasteiger partial charge is 0.410 e. The number of carbonyl (C=O) groups excluding carboxylic acids is 9. The average Bonchev–Trinajstić information content (AvgIpc) is 2.33. The number of likely N-dealkylation sites (N-methyl/N-ethyl adjacent to an activating group) is 2. The molecule has 0 spiro atoms. The Balaban J connectivity index is 1.69. The molecule has 1 saturated heterocycles. The van der Waals surface area contributed by atoms with Gasteiger partial charge in [-0.2, -0.15) is 0 Å². The largest absolute Gasteiger partial charge is 0.445 e. The molecule has 22 nitrogen and oxygen atoms in total. The van der Waals surface area contributed by atoms with Crippen LogP contribution in [0, 0.1) is 41.4 Å². The van der Waals surface area contributed by atoms with E-state index in [4.69, 9.17) is 24.7 Å². The second-order valence-corrected chi connectivity index (χ2v) is 25.8. The summed E-state index contributed by atoms with van der Waals surface area (Å²) >= 11 is 0. The van der Waals surface area contributed by atoms with E-state index < -0.39 is 114 Å². The standard InChI is InChI=1S/C65H106N8O14/c1-18-41(8)56(51(84-16)36-52(76)73-33-23-27-48(73)58(85-17)43(10)49(74)34-42(9)57(77)45-24-20-19-21-25-45)71(14)61(80)54(39(4)5)69-60(79)55(40(6)7)72(15)64(83)86-37-44-28-30-47(31-29-44)68-59(78)46(26-22-32-67-62(66)81)35-50(75)53(38(2)3)70-63(82)87-65(11,12)13/h19-21,24-25,28-30,38-43,46-48,51,53-58,77H,18,22-23,26-27,31-37H2,1-17H3,(H,68,78)(H,69,79)(H,70,82)(H3,66,67,81)/t41-,42-,43-,46+,47?,48-,51+,53-,54-,55-,56-,57+,58+/m0/s1. The Morgan fingerprint density at radius 3 is 1.98 bits per heavy atom. The van der Waals surface area contributed by atoms with Crippen LogP contribution < -0.4 is 27.0 Å². The second-order valence-electron chi connectivity index (χ2n) is 25.8. The SMILES string of the molecule is CC[C@H](C)[C@@H]([C@@H](CC(=O)N1CCC[C@H]1[C@H](OC)[C@@H](C)C(=O)C[C@H](C)[C@@H](O)c1ccccc1)OC)N(C)C(=O)[C@@H](NC(=O)[C@H](C(C)C)N(C)C(=O)OCC1=CCC(NC(=O)[C@H](CCCNC(N)=O)CC(=O)[C@@H](NC(=O)OC(C)(C)C)C(C)C)C=C1)C(C)C. The number of likely N-dealkylation sites (tertiary alicyclic amines) is 1. The molecular weight excluding hydrogens is 1120 g/mol. The van der Waals surface area contributed by atoms with Crippen molar-refractivity contribution < 1.29 is 67.2 Å². The van der Waals surface area contributed by atoms with Gasteiger partial charge < -0.3 is 60.9 Å². The highest BCUT2D eigenvalue weighted by atomic mass is 16.6. The maximum atomic E-state index is 14.8. The Kier molecular flexibility index (Phi) is 30.6. The highest BCUT2D eigenvalue weighted by Gasteiger charge is 2.44. The summed E-state index contributed by atoms with van der Waals surface area (Å²) in [7, 11) is 6.17. The van der Waals surface area contributed by atoms with Gasteiger partial charge in [-0.1, -0.05) is 124 Å². The summed E-state index contributed by atoms with van der Waals surface area (Å²) in [6.07, 6.45) is 4.35.